The zero-order valence-electron chi connectivity index (χ0n) is 43.9. The predicted molar refractivity (Wildman–Crippen MR) is 282 cm³/mol. The Morgan fingerprint density at radius 3 is 2.11 bits per heavy atom. The van der Waals surface area contributed by atoms with Gasteiger partial charge in [-0.25, -0.2) is 23.9 Å². The van der Waals surface area contributed by atoms with Crippen molar-refractivity contribution in [2.75, 3.05) is 27.3 Å². The number of hydrogen-bond acceptors (Lipinski definition) is 11. The molecule has 8 unspecified atom stereocenters. The number of rotatable bonds is 14. The van der Waals surface area contributed by atoms with Crippen LogP contribution in [-0.2, 0) is 30.2 Å². The second-order valence-corrected chi connectivity index (χ2v) is 22.4. The molecule has 4 amide bonds. The van der Waals surface area contributed by atoms with Crippen molar-refractivity contribution in [3.8, 4) is 39.5 Å². The molecular formula is C56H68FN9O8S. The summed E-state index contributed by atoms with van der Waals surface area (Å²) < 4.78 is 41.9. The summed E-state index contributed by atoms with van der Waals surface area (Å²) >= 11 is 1.70. The van der Waals surface area contributed by atoms with Crippen LogP contribution in [0.4, 0.5) is 14.0 Å². The Hall–Kier alpha value is -6.73. The smallest absolute Gasteiger partial charge is 0.407 e. The average Bonchev–Trinajstić information content (AvgIpc) is 4.29. The lowest BCUT2D eigenvalue weighted by atomic mass is 9.85. The lowest BCUT2D eigenvalue weighted by molar-refractivity contribution is -0.138. The molecule has 8 heterocycles. The normalized spacial score (nSPS) is 22.6. The summed E-state index contributed by atoms with van der Waals surface area (Å²) in [6.45, 7) is 13.2. The van der Waals surface area contributed by atoms with Crippen LogP contribution in [0.2, 0.25) is 0 Å². The number of hydrogen-bond donors (Lipinski definition) is 4. The maximum absolute atomic E-state index is 17.1. The molecule has 75 heavy (non-hydrogen) atoms. The first-order valence-corrected chi connectivity index (χ1v) is 27.2. The summed E-state index contributed by atoms with van der Waals surface area (Å²) in [6, 6.07) is 13.6. The number of likely N-dealkylation sites (tertiary alicyclic amines) is 2. The fourth-order valence-electron chi connectivity index (χ4n) is 11.7. The molecule has 10 rings (SSSR count). The average molecular weight is 1050 g/mol. The minimum absolute atomic E-state index is 0.0519. The van der Waals surface area contributed by atoms with Crippen molar-refractivity contribution in [2.24, 2.45) is 17.8 Å². The minimum atomic E-state index is -0.775. The van der Waals surface area contributed by atoms with Crippen molar-refractivity contribution < 1.29 is 42.5 Å². The zero-order chi connectivity index (χ0) is 52.8. The summed E-state index contributed by atoms with van der Waals surface area (Å²) in [5.41, 5.74) is 4.64. The highest BCUT2D eigenvalue weighted by molar-refractivity contribution is 7.12. The molecule has 4 N–H and O–H groups in total. The third-order valence-electron chi connectivity index (χ3n) is 15.6. The van der Waals surface area contributed by atoms with Gasteiger partial charge in [0.15, 0.2) is 0 Å². The van der Waals surface area contributed by atoms with E-state index in [2.05, 4.69) is 57.2 Å². The van der Waals surface area contributed by atoms with Crippen molar-refractivity contribution >= 4 is 46.2 Å². The van der Waals surface area contributed by atoms with Crippen molar-refractivity contribution in [3.05, 3.63) is 88.1 Å². The van der Waals surface area contributed by atoms with Gasteiger partial charge >= 0.3 is 12.2 Å². The van der Waals surface area contributed by atoms with E-state index in [1.807, 2.05) is 56.9 Å². The second-order valence-electron chi connectivity index (χ2n) is 21.2. The number of benzene rings is 2. The molecule has 398 valence electrons. The molecule has 0 spiro atoms. The largest absolute Gasteiger partial charge is 0.464 e. The van der Waals surface area contributed by atoms with Gasteiger partial charge in [0.05, 0.1) is 83.9 Å². The summed E-state index contributed by atoms with van der Waals surface area (Å²) in [5, 5.41) is 6.44. The van der Waals surface area contributed by atoms with Gasteiger partial charge in [-0.3, -0.25) is 14.2 Å². The van der Waals surface area contributed by atoms with Crippen molar-refractivity contribution in [2.45, 2.75) is 136 Å². The van der Waals surface area contributed by atoms with Crippen molar-refractivity contribution in [1.29, 1.82) is 0 Å². The fraction of sp³-hybridized carbons (Fsp3) is 0.500. The van der Waals surface area contributed by atoms with Crippen LogP contribution in [0.25, 0.3) is 44.7 Å². The number of imidazole rings is 2. The number of amides is 4. The van der Waals surface area contributed by atoms with E-state index >= 15 is 4.39 Å². The maximum Gasteiger partial charge on any atom is 0.407 e. The molecule has 2 aromatic carbocycles. The Bertz CT molecular complexity index is 3080. The predicted octanol–water partition coefficient (Wildman–Crippen LogP) is 10.5. The first-order valence-electron chi connectivity index (χ1n) is 26.4. The van der Waals surface area contributed by atoms with Crippen LogP contribution in [0.5, 0.6) is 5.75 Å². The molecule has 19 heteroatoms. The zero-order valence-corrected chi connectivity index (χ0v) is 44.7. The van der Waals surface area contributed by atoms with Gasteiger partial charge in [-0.15, -0.1) is 11.3 Å². The second kappa shape index (κ2) is 21.5. The molecule has 4 aliphatic rings. The van der Waals surface area contributed by atoms with Crippen LogP contribution in [0.1, 0.15) is 126 Å². The molecule has 6 aromatic rings. The van der Waals surface area contributed by atoms with Gasteiger partial charge < -0.3 is 49.3 Å². The molecule has 3 saturated heterocycles. The number of carbonyl (C=O) groups is 4. The Morgan fingerprint density at radius 2 is 1.47 bits per heavy atom. The van der Waals surface area contributed by atoms with Gasteiger partial charge in [0.25, 0.3) is 0 Å². The number of carbonyl (C=O) groups excluding carboxylic acids is 4. The third-order valence-corrected chi connectivity index (χ3v) is 16.8. The van der Waals surface area contributed by atoms with Gasteiger partial charge in [0.1, 0.15) is 35.3 Å². The first-order chi connectivity index (χ1) is 36.1. The Balaban J connectivity index is 0.959. The maximum atomic E-state index is 17.1. The number of aromatic amines is 2. The first kappa shape index (κ1) is 51.7. The van der Waals surface area contributed by atoms with E-state index in [-0.39, 0.29) is 47.9 Å². The lowest BCUT2D eigenvalue weighted by Gasteiger charge is -2.38. The number of methoxy groups -OCH3 is 2. The van der Waals surface area contributed by atoms with Gasteiger partial charge in [0.2, 0.25) is 18.0 Å². The standard InChI is InChI=1S/C56H68FN9O8S/c1-9-30(4)20-37-15-17-46(75-37)54-66-41-16-14-33(39-27-58-50(60-39)43-13-11-19-65(43)53(68)49(63-56(70)72-8)36-21-31(5)73-32(6)22-36)23-35(41)25-44(66)47-38(57)24-34(26-45(47)74-54)40-28-59-51(61-40)42-12-10-18-64(42)52(67)48(29(2)3)62-55(69)71-7/h14-17,23-32,36,42-43,48-49,54H,9-13,18-22H2,1-8H3,(H,58,60)(H,59,61)(H,62,69)(H,63,70). The van der Waals surface area contributed by atoms with E-state index in [0.717, 1.165) is 52.7 Å². The highest BCUT2D eigenvalue weighted by Gasteiger charge is 2.43. The minimum Gasteiger partial charge on any atom is -0.464 e. The molecule has 4 aromatic heterocycles. The van der Waals surface area contributed by atoms with Crippen molar-refractivity contribution in [1.82, 2.24) is 44.9 Å². The van der Waals surface area contributed by atoms with Crippen LogP contribution in [0, 0.1) is 23.6 Å². The van der Waals surface area contributed by atoms with Crippen LogP contribution in [0.15, 0.2) is 60.9 Å². The fourth-order valence-corrected chi connectivity index (χ4v) is 12.9. The summed E-state index contributed by atoms with van der Waals surface area (Å²) in [5.74, 6) is 1.00. The molecular weight excluding hydrogens is 978 g/mol. The van der Waals surface area contributed by atoms with E-state index in [1.54, 1.807) is 28.6 Å². The number of alkyl carbamates (subject to hydrolysis) is 2. The van der Waals surface area contributed by atoms with Gasteiger partial charge in [0, 0.05) is 34.5 Å². The topological polar surface area (TPSA) is 198 Å². The number of halogens is 1. The highest BCUT2D eigenvalue weighted by Crippen LogP contribution is 2.49. The van der Waals surface area contributed by atoms with Gasteiger partial charge in [-0.2, -0.15) is 0 Å². The van der Waals surface area contributed by atoms with E-state index in [9.17, 15) is 19.2 Å². The number of thiophene rings is 1. The Kier molecular flexibility index (Phi) is 14.8. The van der Waals surface area contributed by atoms with E-state index < -0.39 is 36.3 Å². The number of aromatic nitrogens is 5. The molecule has 0 radical (unpaired) electrons. The molecule has 17 nitrogen and oxygen atoms in total. The number of nitrogens with one attached hydrogen (secondary N) is 4. The molecule has 0 bridgehead atoms. The quantitative estimate of drug-likeness (QED) is 0.0814. The summed E-state index contributed by atoms with van der Waals surface area (Å²) in [7, 11) is 2.57. The molecule has 0 saturated carbocycles. The van der Waals surface area contributed by atoms with E-state index in [0.29, 0.717) is 84.6 Å². The molecule has 8 atom stereocenters. The Morgan fingerprint density at radius 1 is 0.827 bits per heavy atom. The number of ether oxygens (including phenoxy) is 4. The number of H-pyrrole nitrogens is 2. The van der Waals surface area contributed by atoms with E-state index in [4.69, 9.17) is 28.9 Å². The van der Waals surface area contributed by atoms with Crippen LogP contribution >= 0.6 is 11.3 Å². The number of fused-ring (bicyclic) bond motifs is 5. The van der Waals surface area contributed by atoms with Crippen LogP contribution in [-0.4, -0.2) is 110 Å². The third kappa shape index (κ3) is 10.2. The van der Waals surface area contributed by atoms with Gasteiger partial charge in [-0.1, -0.05) is 40.2 Å². The SMILES string of the molecule is CCC(C)Cc1ccc(C2Oc3cc(-c4cnc(C5CCCN5C(=O)C(NC(=O)OC)C(C)C)[nH]4)cc(F)c3-c3cc4cc(-c5cnc(C6CCCN6C(=O)C(NC(=O)OC)C6CC(C)OC(C)C6)[nH]5)ccc4n32)s1. The molecule has 0 aliphatic carbocycles. The van der Waals surface area contributed by atoms with Crippen LogP contribution in [0.3, 0.4) is 0 Å². The lowest BCUT2D eigenvalue weighted by Crippen LogP contribution is -2.54. The van der Waals surface area contributed by atoms with E-state index in [1.165, 1.54) is 25.2 Å². The van der Waals surface area contributed by atoms with Crippen molar-refractivity contribution in [3.63, 3.8) is 0 Å². The summed E-state index contributed by atoms with van der Waals surface area (Å²) in [6.07, 6.45) is 7.65. The number of nitrogens with zero attached hydrogens (tertiary/aromatic N) is 5. The summed E-state index contributed by atoms with van der Waals surface area (Å²) in [4.78, 5) is 75.5. The monoisotopic (exact) mass is 1050 g/mol. The molecule has 4 aliphatic heterocycles. The van der Waals surface area contributed by atoms with Gasteiger partial charge in [-0.05, 0) is 119 Å². The van der Waals surface area contributed by atoms with Crippen LogP contribution < -0.4 is 15.4 Å². The highest BCUT2D eigenvalue weighted by atomic mass is 32.1. The Labute approximate surface area is 440 Å². The molecule has 3 fully saturated rings.